The van der Waals surface area contributed by atoms with Crippen molar-refractivity contribution in [2.45, 2.75) is 59.5 Å². The van der Waals surface area contributed by atoms with Gasteiger partial charge in [-0.15, -0.1) is 0 Å². The highest BCUT2D eigenvalue weighted by Crippen LogP contribution is 2.37. The molecule has 1 atom stereocenters. The Kier molecular flexibility index (Phi) is 15.7. The Bertz CT molecular complexity index is 983. The number of nitrogens with zero attached hydrogens (tertiary/aromatic N) is 3. The van der Waals surface area contributed by atoms with E-state index in [1.54, 1.807) is 6.20 Å². The molecule has 3 aromatic rings. The average molecular weight is 510 g/mol. The van der Waals surface area contributed by atoms with E-state index in [1.165, 1.54) is 6.42 Å². The summed E-state index contributed by atoms with van der Waals surface area (Å²) in [5.41, 5.74) is 15.4. The van der Waals surface area contributed by atoms with Crippen molar-refractivity contribution in [3.8, 4) is 11.5 Å². The van der Waals surface area contributed by atoms with Crippen LogP contribution in [0.1, 0.15) is 52.5 Å². The molecule has 0 spiro atoms. The van der Waals surface area contributed by atoms with E-state index in [-0.39, 0.29) is 0 Å². The number of ether oxygens (including phenoxy) is 1. The Hall–Kier alpha value is -3.13. The van der Waals surface area contributed by atoms with Crippen LogP contribution in [0.3, 0.4) is 0 Å². The van der Waals surface area contributed by atoms with E-state index in [9.17, 15) is 0 Å². The van der Waals surface area contributed by atoms with E-state index < -0.39 is 0 Å². The van der Waals surface area contributed by atoms with Crippen molar-refractivity contribution in [3.05, 3.63) is 72.4 Å². The highest BCUT2D eigenvalue weighted by molar-refractivity contribution is 5.76. The molecule has 4 rings (SSSR count). The number of piperidine rings is 1. The molecule has 0 unspecified atom stereocenters. The van der Waals surface area contributed by atoms with Crippen molar-refractivity contribution in [1.29, 1.82) is 0 Å². The van der Waals surface area contributed by atoms with E-state index in [0.717, 1.165) is 61.5 Å². The number of aliphatic hydroxyl groups is 1. The van der Waals surface area contributed by atoms with Crippen molar-refractivity contribution in [2.24, 2.45) is 5.73 Å². The van der Waals surface area contributed by atoms with Gasteiger partial charge in [0, 0.05) is 38.1 Å². The van der Waals surface area contributed by atoms with Gasteiger partial charge in [0.2, 0.25) is 0 Å². The monoisotopic (exact) mass is 509 g/mol. The summed E-state index contributed by atoms with van der Waals surface area (Å²) in [4.78, 5) is 9.04. The maximum Gasteiger partial charge on any atom is 0.147 e. The Labute approximate surface area is 224 Å². The zero-order valence-corrected chi connectivity index (χ0v) is 23.5. The summed E-state index contributed by atoms with van der Waals surface area (Å²) < 4.78 is 5.97. The fraction of sp³-hybridized carbons (Fsp3) is 0.433. The van der Waals surface area contributed by atoms with Crippen LogP contribution >= 0.6 is 0 Å². The van der Waals surface area contributed by atoms with Crippen molar-refractivity contribution >= 4 is 17.2 Å². The summed E-state index contributed by atoms with van der Waals surface area (Å²) in [7, 11) is 3.16. The molecule has 1 aliphatic rings. The Morgan fingerprint density at radius 3 is 2.16 bits per heavy atom. The van der Waals surface area contributed by atoms with E-state index in [4.69, 9.17) is 21.3 Å². The van der Waals surface area contributed by atoms with Gasteiger partial charge in [-0.05, 0) is 74.5 Å². The van der Waals surface area contributed by atoms with Gasteiger partial charge in [0.25, 0.3) is 0 Å². The van der Waals surface area contributed by atoms with Gasteiger partial charge in [-0.25, -0.2) is 4.98 Å². The number of hydrogen-bond donors (Lipinski definition) is 3. The summed E-state index contributed by atoms with van der Waals surface area (Å²) in [5, 5.41) is 7.00. The second-order valence-electron chi connectivity index (χ2n) is 8.45. The maximum atomic E-state index is 7.00. The normalized spacial score (nSPS) is 14.5. The zero-order chi connectivity index (χ0) is 27.6. The first-order valence-corrected chi connectivity index (χ1v) is 13.3. The highest BCUT2D eigenvalue weighted by Gasteiger charge is 2.28. The number of nitrogen functional groups attached to an aromatic ring is 1. The van der Waals surface area contributed by atoms with Gasteiger partial charge in [-0.1, -0.05) is 52.3 Å². The van der Waals surface area contributed by atoms with Crippen LogP contribution in [0.25, 0.3) is 0 Å². The zero-order valence-electron chi connectivity index (χ0n) is 23.5. The fourth-order valence-corrected chi connectivity index (χ4v) is 4.13. The van der Waals surface area contributed by atoms with E-state index in [1.807, 2.05) is 62.4 Å². The molecule has 0 bridgehead atoms. The molecule has 0 amide bonds. The molecule has 7 nitrogen and oxygen atoms in total. The summed E-state index contributed by atoms with van der Waals surface area (Å²) in [6.07, 6.45) is 5.21. The third kappa shape index (κ3) is 9.69. The lowest BCUT2D eigenvalue weighted by Crippen LogP contribution is -2.45. The summed E-state index contributed by atoms with van der Waals surface area (Å²) in [6.45, 7) is 10.7. The van der Waals surface area contributed by atoms with Gasteiger partial charge in [0.05, 0.1) is 5.69 Å². The first-order valence-electron chi connectivity index (χ1n) is 13.3. The van der Waals surface area contributed by atoms with Gasteiger partial charge in [0.15, 0.2) is 0 Å². The minimum atomic E-state index is 0.293. The van der Waals surface area contributed by atoms with Gasteiger partial charge in [-0.2, -0.15) is 0 Å². The number of hydrogen-bond acceptors (Lipinski definition) is 7. The van der Waals surface area contributed by atoms with E-state index >= 15 is 0 Å². The molecular weight excluding hydrogens is 462 g/mol. The van der Waals surface area contributed by atoms with E-state index in [2.05, 4.69) is 47.8 Å². The Morgan fingerprint density at radius 2 is 1.59 bits per heavy atom. The number of rotatable bonds is 6. The molecule has 0 aliphatic carbocycles. The molecule has 2 heterocycles. The lowest BCUT2D eigenvalue weighted by molar-refractivity contribution is 0.251. The number of anilines is 3. The van der Waals surface area contributed by atoms with Crippen LogP contribution in [0, 0.1) is 0 Å². The third-order valence-electron chi connectivity index (χ3n) is 5.56. The van der Waals surface area contributed by atoms with Crippen LogP contribution in [0.2, 0.25) is 0 Å². The molecular formula is C30H47N5O2. The standard InChI is InChI=1S/C24H29N5O.C3H8.C2H6.CH4O/c1-28-15-5-6-20(17-28)29(23-18(16-25)13-14-27-24(23)26)19-9-11-22(12-10-19)30-21-7-3-2-4-8-21;1-3-2;2*1-2/h2-4,7-14,20H,5-6,15-17,25H2,1H3,(H2,26,27);3H2,1-2H3;1-2H3;2H,1H3/t20-;;;/m1.../s1. The van der Waals surface area contributed by atoms with Crippen LogP contribution < -0.4 is 21.1 Å². The van der Waals surface area contributed by atoms with Crippen molar-refractivity contribution in [2.75, 3.05) is 37.9 Å². The number of aliphatic hydroxyl groups excluding tert-OH is 1. The number of benzene rings is 2. The van der Waals surface area contributed by atoms with Gasteiger partial charge >= 0.3 is 0 Å². The lowest BCUT2D eigenvalue weighted by Gasteiger charge is -2.40. The maximum absolute atomic E-state index is 7.00. The predicted octanol–water partition coefficient (Wildman–Crippen LogP) is 6.20. The lowest BCUT2D eigenvalue weighted by atomic mass is 10.0. The average Bonchev–Trinajstić information content (AvgIpc) is 2.94. The fourth-order valence-electron chi connectivity index (χ4n) is 4.13. The molecule has 1 aromatic heterocycles. The molecule has 37 heavy (non-hydrogen) atoms. The molecule has 1 saturated heterocycles. The third-order valence-corrected chi connectivity index (χ3v) is 5.56. The van der Waals surface area contributed by atoms with Gasteiger partial charge in [0.1, 0.15) is 17.3 Å². The van der Waals surface area contributed by atoms with Crippen molar-refractivity contribution in [3.63, 3.8) is 0 Å². The highest BCUT2D eigenvalue weighted by atomic mass is 16.5. The molecule has 204 valence electrons. The molecule has 7 heteroatoms. The summed E-state index contributed by atoms with van der Waals surface area (Å²) >= 11 is 0. The van der Waals surface area contributed by atoms with Crippen LogP contribution in [0.5, 0.6) is 11.5 Å². The number of para-hydroxylation sites is 1. The number of pyridine rings is 1. The quantitative estimate of drug-likeness (QED) is 0.364. The van der Waals surface area contributed by atoms with Crippen LogP contribution in [0.4, 0.5) is 17.2 Å². The first kappa shape index (κ1) is 31.9. The minimum absolute atomic E-state index is 0.293. The second-order valence-corrected chi connectivity index (χ2v) is 8.45. The predicted molar refractivity (Wildman–Crippen MR) is 158 cm³/mol. The topological polar surface area (TPSA) is 101 Å². The molecule has 1 fully saturated rings. The van der Waals surface area contributed by atoms with Crippen molar-refractivity contribution in [1.82, 2.24) is 9.88 Å². The van der Waals surface area contributed by atoms with Gasteiger partial charge < -0.3 is 31.1 Å². The number of aromatic nitrogens is 1. The van der Waals surface area contributed by atoms with Crippen LogP contribution in [-0.4, -0.2) is 48.3 Å². The summed E-state index contributed by atoms with van der Waals surface area (Å²) in [5.74, 6) is 2.12. The molecule has 5 N–H and O–H groups in total. The SMILES string of the molecule is CC.CCC.CN1CCC[C@@H](N(c2ccc(Oc3ccccc3)cc2)c2c(CN)ccnc2N)C1.CO. The number of nitrogens with two attached hydrogens (primary N) is 2. The Balaban J connectivity index is 0.000000894. The molecule has 2 aromatic carbocycles. The Morgan fingerprint density at radius 1 is 1.00 bits per heavy atom. The van der Waals surface area contributed by atoms with Crippen LogP contribution in [-0.2, 0) is 6.54 Å². The molecule has 1 aliphatic heterocycles. The first-order chi connectivity index (χ1) is 18.1. The number of likely N-dealkylation sites (N-methyl/N-ethyl adjacent to an activating group) is 1. The smallest absolute Gasteiger partial charge is 0.147 e. The summed E-state index contributed by atoms with van der Waals surface area (Å²) in [6, 6.07) is 20.2. The van der Waals surface area contributed by atoms with E-state index in [0.29, 0.717) is 18.4 Å². The molecule has 0 radical (unpaired) electrons. The second kappa shape index (κ2) is 18.2. The van der Waals surface area contributed by atoms with Gasteiger partial charge in [-0.3, -0.25) is 0 Å². The van der Waals surface area contributed by atoms with Crippen LogP contribution in [0.15, 0.2) is 66.9 Å². The number of likely N-dealkylation sites (tertiary alicyclic amines) is 1. The molecule has 0 saturated carbocycles. The minimum Gasteiger partial charge on any atom is -0.457 e. The largest absolute Gasteiger partial charge is 0.457 e. The van der Waals surface area contributed by atoms with Crippen molar-refractivity contribution < 1.29 is 9.84 Å².